The largest absolute Gasteiger partial charge is 0.383 e. The molecule has 0 heterocycles. The van der Waals surface area contributed by atoms with Crippen molar-refractivity contribution in [1.29, 1.82) is 0 Å². The topological polar surface area (TPSA) is 33.7 Å². The van der Waals surface area contributed by atoms with E-state index in [1.165, 1.54) is 6.42 Å². The molecule has 0 saturated carbocycles. The van der Waals surface area contributed by atoms with Gasteiger partial charge in [-0.25, -0.2) is 0 Å². The fourth-order valence-corrected chi connectivity index (χ4v) is 1.91. The molecule has 0 saturated heterocycles. The van der Waals surface area contributed by atoms with Gasteiger partial charge in [-0.15, -0.1) is 0 Å². The van der Waals surface area contributed by atoms with Crippen LogP contribution in [0.4, 0.5) is 0 Å². The Labute approximate surface area is 107 Å². The van der Waals surface area contributed by atoms with Gasteiger partial charge in [0.2, 0.25) is 0 Å². The fraction of sp³-hybridized carbons (Fsp3) is 1.00. The summed E-state index contributed by atoms with van der Waals surface area (Å²) in [5.41, 5.74) is 0. The predicted molar refractivity (Wildman–Crippen MR) is 72.5 cm³/mol. The molecule has 0 aliphatic rings. The Morgan fingerprint density at radius 3 is 2.24 bits per heavy atom. The Balaban J connectivity index is 3.98. The van der Waals surface area contributed by atoms with Crippen molar-refractivity contribution in [3.63, 3.8) is 0 Å². The quantitative estimate of drug-likeness (QED) is 0.558. The van der Waals surface area contributed by atoms with Crippen molar-refractivity contribution >= 4 is 0 Å². The maximum Gasteiger partial charge on any atom is 0.0589 e. The SMILES string of the molecule is CCC(C)N(CCOC)C(C)CNCCOC. The minimum absolute atomic E-state index is 0.525. The van der Waals surface area contributed by atoms with Crippen molar-refractivity contribution < 1.29 is 9.47 Å². The van der Waals surface area contributed by atoms with Gasteiger partial charge in [-0.3, -0.25) is 4.90 Å². The third-order valence-corrected chi connectivity index (χ3v) is 3.20. The lowest BCUT2D eigenvalue weighted by atomic mass is 10.1. The predicted octanol–water partition coefficient (Wildman–Crippen LogP) is 1.36. The molecule has 17 heavy (non-hydrogen) atoms. The van der Waals surface area contributed by atoms with E-state index >= 15 is 0 Å². The molecule has 0 radical (unpaired) electrons. The highest BCUT2D eigenvalue weighted by Gasteiger charge is 2.17. The average molecular weight is 246 g/mol. The lowest BCUT2D eigenvalue weighted by Crippen LogP contribution is -2.47. The molecule has 1 N–H and O–H groups in total. The van der Waals surface area contributed by atoms with Crippen LogP contribution in [0.2, 0.25) is 0 Å². The number of hydrogen-bond acceptors (Lipinski definition) is 4. The van der Waals surface area contributed by atoms with E-state index in [-0.39, 0.29) is 0 Å². The second kappa shape index (κ2) is 11.0. The lowest BCUT2D eigenvalue weighted by Gasteiger charge is -2.34. The summed E-state index contributed by atoms with van der Waals surface area (Å²) < 4.78 is 10.2. The summed E-state index contributed by atoms with van der Waals surface area (Å²) in [6.45, 7) is 11.3. The second-order valence-electron chi connectivity index (χ2n) is 4.53. The molecule has 2 unspecified atom stereocenters. The molecule has 0 aromatic heterocycles. The Bertz CT molecular complexity index is 167. The molecule has 0 aliphatic heterocycles. The van der Waals surface area contributed by atoms with Crippen LogP contribution in [0.25, 0.3) is 0 Å². The molecule has 4 nitrogen and oxygen atoms in total. The van der Waals surface area contributed by atoms with Gasteiger partial charge in [-0.2, -0.15) is 0 Å². The Morgan fingerprint density at radius 2 is 1.71 bits per heavy atom. The van der Waals surface area contributed by atoms with E-state index in [0.29, 0.717) is 12.1 Å². The number of nitrogens with one attached hydrogen (secondary N) is 1. The number of nitrogens with zero attached hydrogens (tertiary/aromatic N) is 1. The summed E-state index contributed by atoms with van der Waals surface area (Å²) in [5, 5.41) is 3.41. The van der Waals surface area contributed by atoms with Gasteiger partial charge < -0.3 is 14.8 Å². The van der Waals surface area contributed by atoms with Crippen LogP contribution in [0.1, 0.15) is 27.2 Å². The molecule has 0 aliphatic carbocycles. The van der Waals surface area contributed by atoms with Crippen LogP contribution in [0, 0.1) is 0 Å². The number of ether oxygens (including phenoxy) is 2. The molecule has 104 valence electrons. The Kier molecular flexibility index (Phi) is 10.9. The fourth-order valence-electron chi connectivity index (χ4n) is 1.91. The third kappa shape index (κ3) is 7.71. The molecule has 0 amide bonds. The summed E-state index contributed by atoms with van der Waals surface area (Å²) in [5.74, 6) is 0. The summed E-state index contributed by atoms with van der Waals surface area (Å²) in [4.78, 5) is 2.50. The lowest BCUT2D eigenvalue weighted by molar-refractivity contribution is 0.0924. The van der Waals surface area contributed by atoms with Crippen LogP contribution >= 0.6 is 0 Å². The maximum atomic E-state index is 5.18. The van der Waals surface area contributed by atoms with E-state index < -0.39 is 0 Å². The zero-order valence-corrected chi connectivity index (χ0v) is 12.2. The highest BCUT2D eigenvalue weighted by Crippen LogP contribution is 2.08. The summed E-state index contributed by atoms with van der Waals surface area (Å²) in [6, 6.07) is 1.13. The van der Waals surface area contributed by atoms with E-state index in [9.17, 15) is 0 Å². The summed E-state index contributed by atoms with van der Waals surface area (Å²) >= 11 is 0. The molecule has 2 atom stereocenters. The number of rotatable bonds is 11. The van der Waals surface area contributed by atoms with Crippen molar-refractivity contribution in [1.82, 2.24) is 10.2 Å². The van der Waals surface area contributed by atoms with Gasteiger partial charge in [0.1, 0.15) is 0 Å². The van der Waals surface area contributed by atoms with Gasteiger partial charge in [-0.05, 0) is 20.3 Å². The van der Waals surface area contributed by atoms with Gasteiger partial charge in [0.15, 0.2) is 0 Å². The van der Waals surface area contributed by atoms with Gasteiger partial charge >= 0.3 is 0 Å². The van der Waals surface area contributed by atoms with Gasteiger partial charge in [0.05, 0.1) is 13.2 Å². The monoisotopic (exact) mass is 246 g/mol. The van der Waals surface area contributed by atoms with Crippen molar-refractivity contribution in [2.75, 3.05) is 47.1 Å². The highest BCUT2D eigenvalue weighted by atomic mass is 16.5. The van der Waals surface area contributed by atoms with E-state index in [2.05, 4.69) is 31.0 Å². The van der Waals surface area contributed by atoms with Crippen LogP contribution in [0.3, 0.4) is 0 Å². The molecule has 0 aromatic rings. The van der Waals surface area contributed by atoms with Crippen molar-refractivity contribution in [2.45, 2.75) is 39.3 Å². The number of methoxy groups -OCH3 is 2. The molecule has 0 spiro atoms. The molecule has 0 fully saturated rings. The van der Waals surface area contributed by atoms with E-state index in [4.69, 9.17) is 9.47 Å². The van der Waals surface area contributed by atoms with Crippen LogP contribution in [-0.2, 0) is 9.47 Å². The first kappa shape index (κ1) is 16.8. The molecule has 0 rings (SSSR count). The van der Waals surface area contributed by atoms with Crippen molar-refractivity contribution in [3.05, 3.63) is 0 Å². The average Bonchev–Trinajstić information content (AvgIpc) is 2.34. The molecule has 0 aromatic carbocycles. The Hall–Kier alpha value is -0.160. The van der Waals surface area contributed by atoms with Gasteiger partial charge in [0, 0.05) is 45.9 Å². The smallest absolute Gasteiger partial charge is 0.0589 e. The minimum atomic E-state index is 0.525. The van der Waals surface area contributed by atoms with Crippen LogP contribution in [-0.4, -0.2) is 64.1 Å². The second-order valence-corrected chi connectivity index (χ2v) is 4.53. The van der Waals surface area contributed by atoms with Crippen LogP contribution in [0.5, 0.6) is 0 Å². The Morgan fingerprint density at radius 1 is 1.06 bits per heavy atom. The third-order valence-electron chi connectivity index (χ3n) is 3.20. The van der Waals surface area contributed by atoms with E-state index in [0.717, 1.165) is 32.8 Å². The first-order chi connectivity index (χ1) is 8.17. The normalized spacial score (nSPS) is 15.2. The van der Waals surface area contributed by atoms with Crippen molar-refractivity contribution in [2.24, 2.45) is 0 Å². The minimum Gasteiger partial charge on any atom is -0.383 e. The summed E-state index contributed by atoms with van der Waals surface area (Å²) in [6.07, 6.45) is 1.17. The first-order valence-electron chi connectivity index (χ1n) is 6.61. The molecular formula is C13H30N2O2. The molecule has 4 heteroatoms. The zero-order valence-electron chi connectivity index (χ0n) is 12.2. The maximum absolute atomic E-state index is 5.18. The van der Waals surface area contributed by atoms with Gasteiger partial charge in [0.25, 0.3) is 0 Å². The van der Waals surface area contributed by atoms with E-state index in [1.54, 1.807) is 14.2 Å². The first-order valence-corrected chi connectivity index (χ1v) is 6.61. The van der Waals surface area contributed by atoms with Crippen molar-refractivity contribution in [3.8, 4) is 0 Å². The summed E-state index contributed by atoms with van der Waals surface area (Å²) in [7, 11) is 3.49. The van der Waals surface area contributed by atoms with Crippen LogP contribution in [0.15, 0.2) is 0 Å². The van der Waals surface area contributed by atoms with Crippen LogP contribution < -0.4 is 5.32 Å². The standard InChI is InChI=1S/C13H30N2O2/c1-6-12(2)15(8-10-17-5)13(3)11-14-7-9-16-4/h12-14H,6-11H2,1-5H3. The number of hydrogen-bond donors (Lipinski definition) is 1. The van der Waals surface area contributed by atoms with Gasteiger partial charge in [-0.1, -0.05) is 6.92 Å². The molecule has 0 bridgehead atoms. The van der Waals surface area contributed by atoms with E-state index in [1.807, 2.05) is 0 Å². The zero-order chi connectivity index (χ0) is 13.1. The molecular weight excluding hydrogens is 216 g/mol. The highest BCUT2D eigenvalue weighted by molar-refractivity contribution is 4.74.